The fraction of sp³-hybridized carbons (Fsp3) is 0.154. The number of hydrogen-bond donors (Lipinski definition) is 2. The summed E-state index contributed by atoms with van der Waals surface area (Å²) in [6.45, 7) is 2.18. The molecule has 0 amide bonds. The third-order valence-electron chi connectivity index (χ3n) is 2.80. The van der Waals surface area contributed by atoms with Crippen LogP contribution < -0.4 is 11.5 Å². The summed E-state index contributed by atoms with van der Waals surface area (Å²) in [5.41, 5.74) is 9.21. The minimum atomic E-state index is -0.464. The predicted molar refractivity (Wildman–Crippen MR) is 70.5 cm³/mol. The van der Waals surface area contributed by atoms with Gasteiger partial charge in [0.05, 0.1) is 17.8 Å². The topological polar surface area (TPSA) is 97.8 Å². The molecule has 0 bridgehead atoms. The SMILES string of the molecule is Cc1cc(-c2ccc3[nH]c(=O)oc3c2)nc(CN)n1. The maximum Gasteiger partial charge on any atom is 0.417 e. The molecule has 0 fully saturated rings. The average Bonchev–Trinajstić information content (AvgIpc) is 2.76. The number of rotatable bonds is 2. The molecule has 0 saturated carbocycles. The van der Waals surface area contributed by atoms with E-state index in [2.05, 4.69) is 15.0 Å². The van der Waals surface area contributed by atoms with Gasteiger partial charge in [-0.1, -0.05) is 6.07 Å². The number of aromatic amines is 1. The molecule has 2 aromatic heterocycles. The van der Waals surface area contributed by atoms with Gasteiger partial charge >= 0.3 is 5.76 Å². The molecule has 0 saturated heterocycles. The first kappa shape index (κ1) is 11.6. The van der Waals surface area contributed by atoms with Crippen molar-refractivity contribution in [3.63, 3.8) is 0 Å². The van der Waals surface area contributed by atoms with Crippen LogP contribution in [0.15, 0.2) is 33.5 Å². The predicted octanol–water partition coefficient (Wildman–Crippen LogP) is 1.35. The molecule has 19 heavy (non-hydrogen) atoms. The summed E-state index contributed by atoms with van der Waals surface area (Å²) in [6.07, 6.45) is 0. The van der Waals surface area contributed by atoms with Crippen molar-refractivity contribution in [3.8, 4) is 11.3 Å². The van der Waals surface area contributed by atoms with Crippen molar-refractivity contribution in [3.05, 3.63) is 46.3 Å². The Morgan fingerprint density at radius 2 is 2.16 bits per heavy atom. The lowest BCUT2D eigenvalue weighted by molar-refractivity contribution is 0.555. The number of aryl methyl sites for hydroxylation is 1. The molecule has 96 valence electrons. The summed E-state index contributed by atoms with van der Waals surface area (Å²) < 4.78 is 5.04. The van der Waals surface area contributed by atoms with Gasteiger partial charge in [0, 0.05) is 11.3 Å². The quantitative estimate of drug-likeness (QED) is 0.721. The Morgan fingerprint density at radius 3 is 2.95 bits per heavy atom. The van der Waals surface area contributed by atoms with E-state index in [0.29, 0.717) is 16.9 Å². The third kappa shape index (κ3) is 2.13. The highest BCUT2D eigenvalue weighted by atomic mass is 16.4. The number of nitrogens with one attached hydrogen (secondary N) is 1. The molecule has 6 heteroatoms. The molecule has 3 aromatic rings. The van der Waals surface area contributed by atoms with Crippen molar-refractivity contribution < 1.29 is 4.42 Å². The second-order valence-corrected chi connectivity index (χ2v) is 4.24. The van der Waals surface area contributed by atoms with E-state index in [4.69, 9.17) is 10.2 Å². The van der Waals surface area contributed by atoms with E-state index in [1.54, 1.807) is 12.1 Å². The molecule has 1 aromatic carbocycles. The van der Waals surface area contributed by atoms with Gasteiger partial charge in [-0.3, -0.25) is 4.98 Å². The van der Waals surface area contributed by atoms with E-state index in [0.717, 1.165) is 17.0 Å². The highest BCUT2D eigenvalue weighted by molar-refractivity contribution is 5.78. The van der Waals surface area contributed by atoms with Crippen molar-refractivity contribution >= 4 is 11.1 Å². The Hall–Kier alpha value is -2.47. The van der Waals surface area contributed by atoms with Crippen LogP contribution in [0.5, 0.6) is 0 Å². The van der Waals surface area contributed by atoms with Gasteiger partial charge in [-0.15, -0.1) is 0 Å². The maximum absolute atomic E-state index is 11.1. The van der Waals surface area contributed by atoms with Gasteiger partial charge < -0.3 is 10.2 Å². The van der Waals surface area contributed by atoms with E-state index in [-0.39, 0.29) is 6.54 Å². The van der Waals surface area contributed by atoms with Gasteiger partial charge in [-0.25, -0.2) is 14.8 Å². The summed E-state index contributed by atoms with van der Waals surface area (Å²) in [6, 6.07) is 7.30. The number of benzene rings is 1. The monoisotopic (exact) mass is 256 g/mol. The summed E-state index contributed by atoms with van der Waals surface area (Å²) >= 11 is 0. The Kier molecular flexibility index (Phi) is 2.64. The molecule has 0 aliphatic rings. The van der Waals surface area contributed by atoms with Crippen molar-refractivity contribution in [1.29, 1.82) is 0 Å². The second kappa shape index (κ2) is 4.33. The zero-order chi connectivity index (χ0) is 13.4. The fourth-order valence-corrected chi connectivity index (χ4v) is 1.97. The van der Waals surface area contributed by atoms with Gasteiger partial charge in [-0.2, -0.15) is 0 Å². The maximum atomic E-state index is 11.1. The Labute approximate surface area is 108 Å². The third-order valence-corrected chi connectivity index (χ3v) is 2.80. The van der Waals surface area contributed by atoms with E-state index < -0.39 is 5.76 Å². The number of H-pyrrole nitrogens is 1. The van der Waals surface area contributed by atoms with Crippen LogP contribution in [0.25, 0.3) is 22.4 Å². The van der Waals surface area contributed by atoms with E-state index in [1.807, 2.05) is 19.1 Å². The molecule has 3 N–H and O–H groups in total. The smallest absolute Gasteiger partial charge is 0.408 e. The molecule has 0 radical (unpaired) electrons. The first-order chi connectivity index (χ1) is 9.15. The first-order valence-corrected chi connectivity index (χ1v) is 5.83. The van der Waals surface area contributed by atoms with Crippen LogP contribution in [0.4, 0.5) is 0 Å². The first-order valence-electron chi connectivity index (χ1n) is 5.83. The van der Waals surface area contributed by atoms with Crippen LogP contribution in [0.1, 0.15) is 11.5 Å². The van der Waals surface area contributed by atoms with Crippen LogP contribution >= 0.6 is 0 Å². The van der Waals surface area contributed by atoms with E-state index in [1.165, 1.54) is 0 Å². The minimum absolute atomic E-state index is 0.288. The number of nitrogens with two attached hydrogens (primary N) is 1. The lowest BCUT2D eigenvalue weighted by atomic mass is 10.1. The molecule has 0 unspecified atom stereocenters. The molecular formula is C13H12N4O2. The van der Waals surface area contributed by atoms with Crippen molar-refractivity contribution in [2.75, 3.05) is 0 Å². The number of nitrogens with zero attached hydrogens (tertiary/aromatic N) is 2. The van der Waals surface area contributed by atoms with Crippen LogP contribution in [0, 0.1) is 6.92 Å². The van der Waals surface area contributed by atoms with Crippen molar-refractivity contribution in [2.45, 2.75) is 13.5 Å². The summed E-state index contributed by atoms with van der Waals surface area (Å²) in [5.74, 6) is 0.124. The summed E-state index contributed by atoms with van der Waals surface area (Å²) in [7, 11) is 0. The van der Waals surface area contributed by atoms with Crippen LogP contribution in [0.3, 0.4) is 0 Å². The Balaban J connectivity index is 2.17. The highest BCUT2D eigenvalue weighted by Crippen LogP contribution is 2.22. The van der Waals surface area contributed by atoms with Crippen LogP contribution in [-0.4, -0.2) is 15.0 Å². The number of fused-ring (bicyclic) bond motifs is 1. The van der Waals surface area contributed by atoms with Crippen molar-refractivity contribution in [2.24, 2.45) is 5.73 Å². The molecule has 0 aliphatic heterocycles. The van der Waals surface area contributed by atoms with Gasteiger partial charge in [-0.05, 0) is 25.1 Å². The highest BCUT2D eigenvalue weighted by Gasteiger charge is 2.07. The zero-order valence-corrected chi connectivity index (χ0v) is 10.3. The molecule has 2 heterocycles. The molecule has 0 spiro atoms. The van der Waals surface area contributed by atoms with Gasteiger partial charge in [0.15, 0.2) is 5.58 Å². The summed E-state index contributed by atoms with van der Waals surface area (Å²) in [4.78, 5) is 22.3. The van der Waals surface area contributed by atoms with Crippen molar-refractivity contribution in [1.82, 2.24) is 15.0 Å². The minimum Gasteiger partial charge on any atom is -0.408 e. The normalized spacial score (nSPS) is 11.1. The van der Waals surface area contributed by atoms with Crippen LogP contribution in [0.2, 0.25) is 0 Å². The number of hydrogen-bond acceptors (Lipinski definition) is 5. The Morgan fingerprint density at radius 1 is 1.32 bits per heavy atom. The molecule has 0 atom stereocenters. The van der Waals surface area contributed by atoms with Gasteiger partial charge in [0.25, 0.3) is 0 Å². The zero-order valence-electron chi connectivity index (χ0n) is 10.3. The Bertz CT molecular complexity index is 804. The average molecular weight is 256 g/mol. The molecule has 6 nitrogen and oxygen atoms in total. The van der Waals surface area contributed by atoms with Gasteiger partial charge in [0.2, 0.25) is 0 Å². The lowest BCUT2D eigenvalue weighted by Gasteiger charge is -2.04. The van der Waals surface area contributed by atoms with E-state index >= 15 is 0 Å². The lowest BCUT2D eigenvalue weighted by Crippen LogP contribution is -2.04. The largest absolute Gasteiger partial charge is 0.417 e. The standard InChI is InChI=1S/C13H12N4O2/c1-7-4-10(16-12(6-14)15-7)8-2-3-9-11(5-8)19-13(18)17-9/h2-5H,6,14H2,1H3,(H,17,18). The second-order valence-electron chi connectivity index (χ2n) is 4.24. The molecule has 0 aliphatic carbocycles. The van der Waals surface area contributed by atoms with Crippen LogP contribution in [-0.2, 0) is 6.54 Å². The van der Waals surface area contributed by atoms with Gasteiger partial charge in [0.1, 0.15) is 5.82 Å². The summed E-state index contributed by atoms with van der Waals surface area (Å²) in [5, 5.41) is 0. The molecule has 3 rings (SSSR count). The molecular weight excluding hydrogens is 244 g/mol. The fourth-order valence-electron chi connectivity index (χ4n) is 1.97. The number of aromatic nitrogens is 3. The van der Waals surface area contributed by atoms with E-state index in [9.17, 15) is 4.79 Å². The number of oxazole rings is 1.